The Morgan fingerprint density at radius 1 is 0.379 bits per heavy atom. The maximum absolute atomic E-state index is 2.30. The molecule has 2 nitrogen and oxygen atoms in total. The minimum atomic E-state index is 0. The number of halogens is 2. The molecule has 0 saturated carbocycles. The van der Waals surface area contributed by atoms with Gasteiger partial charge in [-0.05, 0) is 12.8 Å². The van der Waals surface area contributed by atoms with E-state index in [0.29, 0.717) is 0 Å². The SMILES string of the molecule is CCCCCCCCCCCCCCCCCCCCCC[N+](C)(C)C.[Br-].[Br-].[NH4+]. The van der Waals surface area contributed by atoms with Crippen LogP contribution in [0.25, 0.3) is 0 Å². The summed E-state index contributed by atoms with van der Waals surface area (Å²) in [4.78, 5) is 0. The third kappa shape index (κ3) is 36.6. The molecular weight excluding hydrogens is 488 g/mol. The van der Waals surface area contributed by atoms with Crippen LogP contribution in [-0.4, -0.2) is 32.2 Å². The molecular formula is C25H58Br2N2. The Bertz CT molecular complexity index is 268. The van der Waals surface area contributed by atoms with Gasteiger partial charge in [0.05, 0.1) is 27.7 Å². The quantitative estimate of drug-likeness (QED) is 0.170. The Hall–Kier alpha value is 0.880. The summed E-state index contributed by atoms with van der Waals surface area (Å²) in [6, 6.07) is 0. The summed E-state index contributed by atoms with van der Waals surface area (Å²) in [5.74, 6) is 0. The minimum absolute atomic E-state index is 0. The fourth-order valence-electron chi connectivity index (χ4n) is 3.84. The summed E-state index contributed by atoms with van der Waals surface area (Å²) in [6.45, 7) is 3.63. The van der Waals surface area contributed by atoms with E-state index in [0.717, 1.165) is 4.48 Å². The molecule has 0 amide bonds. The smallest absolute Gasteiger partial charge is 0.0780 e. The van der Waals surface area contributed by atoms with Crippen LogP contribution in [0.15, 0.2) is 0 Å². The lowest BCUT2D eigenvalue weighted by molar-refractivity contribution is -0.870. The van der Waals surface area contributed by atoms with E-state index in [2.05, 4.69) is 28.1 Å². The molecule has 0 rings (SSSR count). The van der Waals surface area contributed by atoms with Crippen molar-refractivity contribution < 1.29 is 38.4 Å². The van der Waals surface area contributed by atoms with Crippen LogP contribution in [0, 0.1) is 0 Å². The molecule has 0 radical (unpaired) electrons. The van der Waals surface area contributed by atoms with Gasteiger partial charge >= 0.3 is 0 Å². The molecule has 0 aliphatic carbocycles. The van der Waals surface area contributed by atoms with Gasteiger partial charge in [0.1, 0.15) is 0 Å². The summed E-state index contributed by atoms with van der Waals surface area (Å²) in [6.07, 6.45) is 29.3. The number of hydrogen-bond acceptors (Lipinski definition) is 0. The first-order chi connectivity index (χ1) is 12.6. The molecule has 0 fully saturated rings. The minimum Gasteiger partial charge on any atom is -1.00 e. The van der Waals surface area contributed by atoms with Crippen LogP contribution in [0.1, 0.15) is 135 Å². The van der Waals surface area contributed by atoms with Gasteiger partial charge in [-0.1, -0.05) is 122 Å². The monoisotopic (exact) mass is 544 g/mol. The zero-order chi connectivity index (χ0) is 19.3. The summed E-state index contributed by atoms with van der Waals surface area (Å²) in [7, 11) is 6.90. The van der Waals surface area contributed by atoms with Crippen molar-refractivity contribution in [2.75, 3.05) is 27.7 Å². The summed E-state index contributed by atoms with van der Waals surface area (Å²) in [5, 5.41) is 0. The van der Waals surface area contributed by atoms with Crippen LogP contribution >= 0.6 is 0 Å². The normalized spacial score (nSPS) is 10.8. The number of rotatable bonds is 21. The molecule has 0 heterocycles. The van der Waals surface area contributed by atoms with Gasteiger partial charge in [0.25, 0.3) is 0 Å². The summed E-state index contributed by atoms with van der Waals surface area (Å²) >= 11 is 0. The standard InChI is InChI=1S/C25H54N.2BrH.H3N/c1-5-6-7-8-9-10-11-12-13-14-15-16-17-18-19-20-21-22-23-24-25-26(2,3)4;;;/h5-25H2,1-4H3;2*1H;1H3/q+1;;;/p-1. The van der Waals surface area contributed by atoms with Crippen molar-refractivity contribution in [3.63, 3.8) is 0 Å². The highest BCUT2D eigenvalue weighted by molar-refractivity contribution is 4.50. The maximum Gasteiger partial charge on any atom is 0.0780 e. The lowest BCUT2D eigenvalue weighted by atomic mass is 10.0. The van der Waals surface area contributed by atoms with Crippen LogP contribution in [-0.2, 0) is 0 Å². The van der Waals surface area contributed by atoms with Crippen LogP contribution in [0.3, 0.4) is 0 Å². The Morgan fingerprint density at radius 2 is 0.586 bits per heavy atom. The highest BCUT2D eigenvalue weighted by Gasteiger charge is 2.04. The van der Waals surface area contributed by atoms with Crippen molar-refractivity contribution in [2.45, 2.75) is 135 Å². The molecule has 0 spiro atoms. The van der Waals surface area contributed by atoms with Crippen molar-refractivity contribution in [3.05, 3.63) is 0 Å². The second-order valence-corrected chi connectivity index (χ2v) is 9.73. The van der Waals surface area contributed by atoms with Gasteiger partial charge in [0.15, 0.2) is 0 Å². The lowest BCUT2D eigenvalue weighted by Crippen LogP contribution is -3.00. The van der Waals surface area contributed by atoms with E-state index < -0.39 is 0 Å². The Labute approximate surface area is 207 Å². The van der Waals surface area contributed by atoms with Gasteiger partial charge in [0, 0.05) is 0 Å². The van der Waals surface area contributed by atoms with E-state index >= 15 is 0 Å². The van der Waals surface area contributed by atoms with Crippen molar-refractivity contribution >= 4 is 0 Å². The average Bonchev–Trinajstić information content (AvgIpc) is 2.59. The highest BCUT2D eigenvalue weighted by atomic mass is 79.9. The molecule has 0 aromatic heterocycles. The first-order valence-corrected chi connectivity index (χ1v) is 12.4. The van der Waals surface area contributed by atoms with E-state index in [9.17, 15) is 0 Å². The fourth-order valence-corrected chi connectivity index (χ4v) is 3.84. The molecule has 0 aliphatic heterocycles. The van der Waals surface area contributed by atoms with E-state index in [1.54, 1.807) is 0 Å². The van der Waals surface area contributed by atoms with Crippen LogP contribution in [0.2, 0.25) is 0 Å². The Morgan fingerprint density at radius 3 is 0.793 bits per heavy atom. The molecule has 0 atom stereocenters. The van der Waals surface area contributed by atoms with Crippen molar-refractivity contribution in [1.82, 2.24) is 6.15 Å². The van der Waals surface area contributed by atoms with Gasteiger partial charge in [-0.3, -0.25) is 0 Å². The van der Waals surface area contributed by atoms with E-state index in [1.165, 1.54) is 135 Å². The van der Waals surface area contributed by atoms with E-state index in [-0.39, 0.29) is 40.1 Å². The molecule has 4 N–H and O–H groups in total. The molecule has 4 heteroatoms. The molecule has 0 bridgehead atoms. The third-order valence-electron chi connectivity index (χ3n) is 5.68. The molecule has 29 heavy (non-hydrogen) atoms. The van der Waals surface area contributed by atoms with Gasteiger partial charge < -0.3 is 44.6 Å². The van der Waals surface area contributed by atoms with Gasteiger partial charge in [-0.2, -0.15) is 0 Å². The second-order valence-electron chi connectivity index (χ2n) is 9.73. The van der Waals surface area contributed by atoms with Crippen LogP contribution < -0.4 is 40.1 Å². The lowest BCUT2D eigenvalue weighted by Gasteiger charge is -2.23. The Balaban J connectivity index is -0.00000104. The fraction of sp³-hybridized carbons (Fsp3) is 1.00. The summed E-state index contributed by atoms with van der Waals surface area (Å²) < 4.78 is 1.12. The molecule has 0 unspecified atom stereocenters. The maximum atomic E-state index is 2.30. The van der Waals surface area contributed by atoms with E-state index in [4.69, 9.17) is 0 Å². The molecule has 0 aromatic rings. The largest absolute Gasteiger partial charge is 1.00 e. The topological polar surface area (TPSA) is 36.5 Å². The first kappa shape index (κ1) is 37.2. The average molecular weight is 547 g/mol. The van der Waals surface area contributed by atoms with Crippen LogP contribution in [0.5, 0.6) is 0 Å². The number of quaternary nitrogens is 2. The van der Waals surface area contributed by atoms with Gasteiger partial charge in [-0.25, -0.2) is 0 Å². The summed E-state index contributed by atoms with van der Waals surface area (Å²) in [5.41, 5.74) is 0. The highest BCUT2D eigenvalue weighted by Crippen LogP contribution is 2.14. The Kier molecular flexibility index (Phi) is 37.1. The zero-order valence-electron chi connectivity index (χ0n) is 21.1. The van der Waals surface area contributed by atoms with Crippen molar-refractivity contribution in [1.29, 1.82) is 0 Å². The van der Waals surface area contributed by atoms with E-state index in [1.807, 2.05) is 0 Å². The van der Waals surface area contributed by atoms with Crippen LogP contribution in [0.4, 0.5) is 0 Å². The molecule has 182 valence electrons. The van der Waals surface area contributed by atoms with Crippen molar-refractivity contribution in [2.24, 2.45) is 0 Å². The van der Waals surface area contributed by atoms with Crippen molar-refractivity contribution in [3.8, 4) is 0 Å². The first-order valence-electron chi connectivity index (χ1n) is 12.4. The molecule has 0 aliphatic rings. The number of nitrogens with zero attached hydrogens (tertiary/aromatic N) is 1. The molecule has 0 saturated heterocycles. The van der Waals surface area contributed by atoms with Gasteiger partial charge in [0.2, 0.25) is 0 Å². The number of unbranched alkanes of at least 4 members (excludes halogenated alkanes) is 19. The third-order valence-corrected chi connectivity index (χ3v) is 5.68. The molecule has 0 aromatic carbocycles. The number of hydrogen-bond donors (Lipinski definition) is 1. The predicted octanol–water partition coefficient (Wildman–Crippen LogP) is 2.90. The predicted molar refractivity (Wildman–Crippen MR) is 127 cm³/mol. The second kappa shape index (κ2) is 28.9. The van der Waals surface area contributed by atoms with Gasteiger partial charge in [-0.15, -0.1) is 0 Å². The zero-order valence-corrected chi connectivity index (χ0v) is 24.2.